The molecule has 28 heavy (non-hydrogen) atoms. The fourth-order valence-electron chi connectivity index (χ4n) is 3.22. The summed E-state index contributed by atoms with van der Waals surface area (Å²) in [5.41, 5.74) is 4.21. The summed E-state index contributed by atoms with van der Waals surface area (Å²) < 4.78 is 6.89. The molecule has 4 aromatic rings. The molecule has 0 bridgehead atoms. The second-order valence-corrected chi connectivity index (χ2v) is 6.28. The van der Waals surface area contributed by atoms with Gasteiger partial charge in [-0.2, -0.15) is 5.26 Å². The first kappa shape index (κ1) is 17.6. The lowest BCUT2D eigenvalue weighted by molar-refractivity contribution is 0.0520. The Hall–Kier alpha value is -3.85. The van der Waals surface area contributed by atoms with Crippen LogP contribution in [-0.2, 0) is 11.3 Å². The van der Waals surface area contributed by atoms with Crippen LogP contribution in [0.15, 0.2) is 60.8 Å². The number of rotatable bonds is 5. The summed E-state index contributed by atoms with van der Waals surface area (Å²) in [5.74, 6) is -0.449. The van der Waals surface area contributed by atoms with Crippen molar-refractivity contribution < 1.29 is 9.53 Å². The number of carbonyl (C=O) groups excluding carboxylic acids is 1. The van der Waals surface area contributed by atoms with Gasteiger partial charge in [0.05, 0.1) is 23.4 Å². The van der Waals surface area contributed by atoms with E-state index in [1.54, 1.807) is 19.2 Å². The standard InChI is InChI=1S/C22H18N4O2/c1-2-28-22(27)18-14-26-19-10-8-16(12-23)21(17(19)9-11-20(26)25-18)24-13-15-6-4-3-5-7-15/h3-11,14,24H,2,13H2,1H3. The minimum Gasteiger partial charge on any atom is -0.461 e. The number of esters is 1. The summed E-state index contributed by atoms with van der Waals surface area (Å²) in [6, 6.07) is 19.6. The Morgan fingerprint density at radius 2 is 2.00 bits per heavy atom. The average molecular weight is 370 g/mol. The fourth-order valence-corrected chi connectivity index (χ4v) is 3.22. The van der Waals surface area contributed by atoms with Gasteiger partial charge in [0.2, 0.25) is 0 Å². The van der Waals surface area contributed by atoms with Crippen LogP contribution < -0.4 is 5.32 Å². The molecule has 6 nitrogen and oxygen atoms in total. The SMILES string of the molecule is CCOC(=O)c1cn2c(ccc3c(NCc4ccccc4)c(C#N)ccc32)n1. The van der Waals surface area contributed by atoms with E-state index in [0.717, 1.165) is 22.2 Å². The quantitative estimate of drug-likeness (QED) is 0.534. The van der Waals surface area contributed by atoms with Crippen molar-refractivity contribution in [1.29, 1.82) is 5.26 Å². The Bertz CT molecular complexity index is 1210. The molecule has 0 saturated carbocycles. The maximum atomic E-state index is 12.0. The zero-order chi connectivity index (χ0) is 19.5. The fraction of sp³-hybridized carbons (Fsp3) is 0.136. The third-order valence-corrected chi connectivity index (χ3v) is 4.53. The van der Waals surface area contributed by atoms with Gasteiger partial charge in [0.25, 0.3) is 0 Å². The average Bonchev–Trinajstić information content (AvgIpc) is 3.17. The van der Waals surface area contributed by atoms with Crippen molar-refractivity contribution >= 4 is 28.2 Å². The van der Waals surface area contributed by atoms with E-state index < -0.39 is 5.97 Å². The molecule has 2 aromatic carbocycles. The monoisotopic (exact) mass is 370 g/mol. The summed E-state index contributed by atoms with van der Waals surface area (Å²) in [5, 5.41) is 13.8. The number of hydrogen-bond donors (Lipinski definition) is 1. The number of nitrogens with one attached hydrogen (secondary N) is 1. The van der Waals surface area contributed by atoms with Crippen LogP contribution in [-0.4, -0.2) is 22.0 Å². The van der Waals surface area contributed by atoms with Gasteiger partial charge in [-0.25, -0.2) is 9.78 Å². The number of pyridine rings is 1. The molecule has 0 aliphatic rings. The van der Waals surface area contributed by atoms with Crippen LogP contribution in [0.4, 0.5) is 5.69 Å². The molecular formula is C22H18N4O2. The Kier molecular flexibility index (Phi) is 4.65. The Morgan fingerprint density at radius 3 is 2.75 bits per heavy atom. The van der Waals surface area contributed by atoms with Crippen LogP contribution in [0.2, 0.25) is 0 Å². The maximum absolute atomic E-state index is 12.0. The van der Waals surface area contributed by atoms with Gasteiger partial charge in [0.15, 0.2) is 5.69 Å². The maximum Gasteiger partial charge on any atom is 0.358 e. The van der Waals surface area contributed by atoms with Crippen molar-refractivity contribution in [3.05, 3.63) is 77.6 Å². The molecule has 0 unspecified atom stereocenters. The zero-order valence-corrected chi connectivity index (χ0v) is 15.3. The summed E-state index contributed by atoms with van der Waals surface area (Å²) >= 11 is 0. The Labute approximate surface area is 162 Å². The van der Waals surface area contributed by atoms with Gasteiger partial charge in [-0.3, -0.25) is 4.40 Å². The first-order valence-corrected chi connectivity index (χ1v) is 9.01. The van der Waals surface area contributed by atoms with E-state index in [1.807, 2.05) is 52.9 Å². The van der Waals surface area contributed by atoms with Gasteiger partial charge in [-0.15, -0.1) is 0 Å². The van der Waals surface area contributed by atoms with Crippen LogP contribution in [0.3, 0.4) is 0 Å². The Morgan fingerprint density at radius 1 is 1.18 bits per heavy atom. The Balaban J connectivity index is 1.80. The zero-order valence-electron chi connectivity index (χ0n) is 15.3. The normalized spacial score (nSPS) is 10.7. The van der Waals surface area contributed by atoms with E-state index >= 15 is 0 Å². The largest absolute Gasteiger partial charge is 0.461 e. The highest BCUT2D eigenvalue weighted by molar-refractivity contribution is 5.97. The van der Waals surface area contributed by atoms with Gasteiger partial charge >= 0.3 is 5.97 Å². The lowest BCUT2D eigenvalue weighted by atomic mass is 10.1. The minimum atomic E-state index is -0.449. The van der Waals surface area contributed by atoms with Crippen molar-refractivity contribution in [3.63, 3.8) is 0 Å². The summed E-state index contributed by atoms with van der Waals surface area (Å²) in [6.45, 7) is 2.66. The number of imidazole rings is 1. The molecule has 138 valence electrons. The molecule has 4 rings (SSSR count). The van der Waals surface area contributed by atoms with Crippen LogP contribution in [0.1, 0.15) is 28.5 Å². The highest BCUT2D eigenvalue weighted by Crippen LogP contribution is 2.29. The van der Waals surface area contributed by atoms with Gasteiger partial charge in [0.1, 0.15) is 11.7 Å². The smallest absolute Gasteiger partial charge is 0.358 e. The first-order chi connectivity index (χ1) is 13.7. The van der Waals surface area contributed by atoms with E-state index in [2.05, 4.69) is 16.4 Å². The number of aromatic nitrogens is 2. The molecule has 0 aliphatic carbocycles. The summed E-state index contributed by atoms with van der Waals surface area (Å²) in [7, 11) is 0. The second-order valence-electron chi connectivity index (χ2n) is 6.28. The van der Waals surface area contributed by atoms with E-state index in [-0.39, 0.29) is 5.69 Å². The molecular weight excluding hydrogens is 352 g/mol. The molecule has 6 heteroatoms. The number of benzene rings is 2. The van der Waals surface area contributed by atoms with Crippen LogP contribution >= 0.6 is 0 Å². The predicted molar refractivity (Wildman–Crippen MR) is 107 cm³/mol. The second kappa shape index (κ2) is 7.41. The van der Waals surface area contributed by atoms with Gasteiger partial charge < -0.3 is 10.1 Å². The number of carbonyl (C=O) groups is 1. The van der Waals surface area contributed by atoms with Gasteiger partial charge in [-0.05, 0) is 36.8 Å². The van der Waals surface area contributed by atoms with Gasteiger partial charge in [0, 0.05) is 18.1 Å². The number of nitrogens with zero attached hydrogens (tertiary/aromatic N) is 3. The van der Waals surface area contributed by atoms with E-state index in [1.165, 1.54) is 0 Å². The third kappa shape index (κ3) is 3.14. The number of anilines is 1. The van der Waals surface area contributed by atoms with Crippen LogP contribution in [0.5, 0.6) is 0 Å². The van der Waals surface area contributed by atoms with Gasteiger partial charge in [-0.1, -0.05) is 30.3 Å². The number of hydrogen-bond acceptors (Lipinski definition) is 5. The molecule has 0 radical (unpaired) electrons. The first-order valence-electron chi connectivity index (χ1n) is 9.01. The van der Waals surface area contributed by atoms with Crippen molar-refractivity contribution in [2.24, 2.45) is 0 Å². The van der Waals surface area contributed by atoms with Crippen molar-refractivity contribution in [2.45, 2.75) is 13.5 Å². The molecule has 0 amide bonds. The van der Waals surface area contributed by atoms with Crippen LogP contribution in [0, 0.1) is 11.3 Å². The third-order valence-electron chi connectivity index (χ3n) is 4.53. The van der Waals surface area contributed by atoms with E-state index in [9.17, 15) is 10.1 Å². The molecule has 2 aromatic heterocycles. The molecule has 0 fully saturated rings. The van der Waals surface area contributed by atoms with E-state index in [0.29, 0.717) is 24.4 Å². The van der Waals surface area contributed by atoms with Crippen LogP contribution in [0.25, 0.3) is 16.6 Å². The topological polar surface area (TPSA) is 79.4 Å². The molecule has 0 atom stereocenters. The van der Waals surface area contributed by atoms with Crippen molar-refractivity contribution in [3.8, 4) is 6.07 Å². The molecule has 0 spiro atoms. The number of nitriles is 1. The van der Waals surface area contributed by atoms with E-state index in [4.69, 9.17) is 4.74 Å². The van der Waals surface area contributed by atoms with Crippen molar-refractivity contribution in [2.75, 3.05) is 11.9 Å². The molecule has 2 heterocycles. The molecule has 0 aliphatic heterocycles. The predicted octanol–water partition coefficient (Wildman–Crippen LogP) is 4.15. The molecule has 1 N–H and O–H groups in total. The lowest BCUT2D eigenvalue weighted by Crippen LogP contribution is -2.04. The summed E-state index contributed by atoms with van der Waals surface area (Å²) in [6.07, 6.45) is 1.67. The molecule has 0 saturated heterocycles. The highest BCUT2D eigenvalue weighted by Gasteiger charge is 2.15. The number of ether oxygens (including phenoxy) is 1. The number of fused-ring (bicyclic) bond motifs is 3. The highest BCUT2D eigenvalue weighted by atomic mass is 16.5. The summed E-state index contributed by atoms with van der Waals surface area (Å²) in [4.78, 5) is 16.4. The minimum absolute atomic E-state index is 0.262. The lowest BCUT2D eigenvalue weighted by Gasteiger charge is -2.13. The van der Waals surface area contributed by atoms with Crippen molar-refractivity contribution in [1.82, 2.24) is 9.38 Å².